The largest absolute Gasteiger partial charge is 0.356 e. The zero-order valence-corrected chi connectivity index (χ0v) is 14.1. The van der Waals surface area contributed by atoms with Gasteiger partial charge in [0, 0.05) is 26.2 Å². The Balaban J connectivity index is 1.86. The molecular weight excluding hydrogens is 274 g/mol. The van der Waals surface area contributed by atoms with Crippen LogP contribution in [0.5, 0.6) is 0 Å². The average Bonchev–Trinajstić information content (AvgIpc) is 2.85. The highest BCUT2D eigenvalue weighted by atomic mass is 15.2. The zero-order chi connectivity index (χ0) is 15.9. The summed E-state index contributed by atoms with van der Waals surface area (Å²) in [6.45, 7) is 8.24. The SMILES string of the molecule is CCC(C)NC(=NC)NCCCn1c(C)nc2ccccc21. The number of rotatable bonds is 6. The summed E-state index contributed by atoms with van der Waals surface area (Å²) in [4.78, 5) is 8.85. The molecule has 1 aromatic heterocycles. The van der Waals surface area contributed by atoms with Gasteiger partial charge in [0.25, 0.3) is 0 Å². The number of nitrogens with one attached hydrogen (secondary N) is 2. The summed E-state index contributed by atoms with van der Waals surface area (Å²) in [6, 6.07) is 8.73. The molecule has 2 rings (SSSR count). The lowest BCUT2D eigenvalue weighted by Crippen LogP contribution is -2.42. The van der Waals surface area contributed by atoms with Crippen molar-refractivity contribution in [1.29, 1.82) is 0 Å². The van der Waals surface area contributed by atoms with Gasteiger partial charge in [-0.1, -0.05) is 19.1 Å². The van der Waals surface area contributed by atoms with Crippen LogP contribution in [0, 0.1) is 6.92 Å². The molecule has 0 saturated carbocycles. The van der Waals surface area contributed by atoms with Crippen molar-refractivity contribution < 1.29 is 0 Å². The predicted molar refractivity (Wildman–Crippen MR) is 93.3 cm³/mol. The molecule has 1 heterocycles. The minimum atomic E-state index is 0.436. The van der Waals surface area contributed by atoms with Crippen molar-refractivity contribution in [3.05, 3.63) is 30.1 Å². The molecule has 0 saturated heterocycles. The summed E-state index contributed by atoms with van der Waals surface area (Å²) >= 11 is 0. The van der Waals surface area contributed by atoms with Crippen LogP contribution in [-0.4, -0.2) is 35.1 Å². The van der Waals surface area contributed by atoms with E-state index < -0.39 is 0 Å². The number of para-hydroxylation sites is 2. The Morgan fingerprint density at radius 3 is 2.86 bits per heavy atom. The first-order valence-corrected chi connectivity index (χ1v) is 8.04. The van der Waals surface area contributed by atoms with Crippen LogP contribution in [0.2, 0.25) is 0 Å². The van der Waals surface area contributed by atoms with Gasteiger partial charge in [0.1, 0.15) is 5.82 Å². The predicted octanol–water partition coefficient (Wildman–Crippen LogP) is 2.70. The molecule has 0 fully saturated rings. The van der Waals surface area contributed by atoms with Crippen molar-refractivity contribution in [2.24, 2.45) is 4.99 Å². The first-order valence-electron chi connectivity index (χ1n) is 8.04. The van der Waals surface area contributed by atoms with Gasteiger partial charge in [0.15, 0.2) is 5.96 Å². The molecule has 5 nitrogen and oxygen atoms in total. The molecule has 5 heteroatoms. The number of aryl methyl sites for hydroxylation is 2. The molecule has 1 unspecified atom stereocenters. The van der Waals surface area contributed by atoms with E-state index in [4.69, 9.17) is 0 Å². The lowest BCUT2D eigenvalue weighted by atomic mass is 10.3. The lowest BCUT2D eigenvalue weighted by Gasteiger charge is -2.16. The number of fused-ring (bicyclic) bond motifs is 1. The molecule has 0 amide bonds. The Morgan fingerprint density at radius 2 is 2.14 bits per heavy atom. The van der Waals surface area contributed by atoms with Crippen LogP contribution in [0.1, 0.15) is 32.5 Å². The van der Waals surface area contributed by atoms with Gasteiger partial charge in [-0.3, -0.25) is 4.99 Å². The summed E-state index contributed by atoms with van der Waals surface area (Å²) in [5.74, 6) is 1.95. The van der Waals surface area contributed by atoms with E-state index >= 15 is 0 Å². The molecule has 0 aliphatic rings. The highest BCUT2D eigenvalue weighted by Gasteiger charge is 2.06. The topological polar surface area (TPSA) is 54.2 Å². The fourth-order valence-corrected chi connectivity index (χ4v) is 2.45. The average molecular weight is 301 g/mol. The second-order valence-corrected chi connectivity index (χ2v) is 5.61. The van der Waals surface area contributed by atoms with E-state index in [1.807, 2.05) is 13.1 Å². The Kier molecular flexibility index (Phi) is 5.81. The number of imidazole rings is 1. The second kappa shape index (κ2) is 7.82. The number of aliphatic imine (C=N–C) groups is 1. The van der Waals surface area contributed by atoms with Crippen molar-refractivity contribution >= 4 is 17.0 Å². The van der Waals surface area contributed by atoms with Gasteiger partial charge in [0.2, 0.25) is 0 Å². The molecule has 120 valence electrons. The van der Waals surface area contributed by atoms with E-state index in [1.54, 1.807) is 0 Å². The summed E-state index contributed by atoms with van der Waals surface area (Å²) in [7, 11) is 1.81. The van der Waals surface area contributed by atoms with E-state index in [2.05, 4.69) is 64.1 Å². The minimum absolute atomic E-state index is 0.436. The molecule has 0 radical (unpaired) electrons. The molecule has 22 heavy (non-hydrogen) atoms. The van der Waals surface area contributed by atoms with E-state index in [-0.39, 0.29) is 0 Å². The van der Waals surface area contributed by atoms with E-state index in [9.17, 15) is 0 Å². The summed E-state index contributed by atoms with van der Waals surface area (Å²) in [6.07, 6.45) is 2.11. The van der Waals surface area contributed by atoms with Gasteiger partial charge in [-0.25, -0.2) is 4.98 Å². The first-order chi connectivity index (χ1) is 10.7. The van der Waals surface area contributed by atoms with Gasteiger partial charge < -0.3 is 15.2 Å². The van der Waals surface area contributed by atoms with Gasteiger partial charge in [0.05, 0.1) is 11.0 Å². The van der Waals surface area contributed by atoms with Crippen molar-refractivity contribution in [2.75, 3.05) is 13.6 Å². The molecule has 1 aromatic carbocycles. The minimum Gasteiger partial charge on any atom is -0.356 e. The van der Waals surface area contributed by atoms with E-state index in [0.717, 1.165) is 43.2 Å². The molecule has 2 aromatic rings. The molecular formula is C17H27N5. The highest BCUT2D eigenvalue weighted by molar-refractivity contribution is 5.79. The number of guanidine groups is 1. The van der Waals surface area contributed by atoms with Crippen LogP contribution >= 0.6 is 0 Å². The molecule has 2 N–H and O–H groups in total. The second-order valence-electron chi connectivity index (χ2n) is 5.61. The Morgan fingerprint density at radius 1 is 1.36 bits per heavy atom. The van der Waals surface area contributed by atoms with E-state index in [0.29, 0.717) is 6.04 Å². The summed E-state index contributed by atoms with van der Waals surface area (Å²) < 4.78 is 2.28. The van der Waals surface area contributed by atoms with Crippen molar-refractivity contribution in [1.82, 2.24) is 20.2 Å². The van der Waals surface area contributed by atoms with Crippen LogP contribution < -0.4 is 10.6 Å². The van der Waals surface area contributed by atoms with Crippen molar-refractivity contribution in [2.45, 2.75) is 46.2 Å². The quantitative estimate of drug-likeness (QED) is 0.490. The third-order valence-electron chi connectivity index (χ3n) is 3.92. The van der Waals surface area contributed by atoms with Crippen LogP contribution in [0.4, 0.5) is 0 Å². The van der Waals surface area contributed by atoms with Crippen molar-refractivity contribution in [3.8, 4) is 0 Å². The van der Waals surface area contributed by atoms with E-state index in [1.165, 1.54) is 5.52 Å². The summed E-state index contributed by atoms with van der Waals surface area (Å²) in [5.41, 5.74) is 2.28. The van der Waals surface area contributed by atoms with Crippen LogP contribution in [0.15, 0.2) is 29.3 Å². The maximum Gasteiger partial charge on any atom is 0.191 e. The fourth-order valence-electron chi connectivity index (χ4n) is 2.45. The monoisotopic (exact) mass is 301 g/mol. The third-order valence-corrected chi connectivity index (χ3v) is 3.92. The van der Waals surface area contributed by atoms with Crippen LogP contribution in [0.25, 0.3) is 11.0 Å². The molecule has 0 aliphatic carbocycles. The molecule has 1 atom stereocenters. The number of nitrogens with zero attached hydrogens (tertiary/aromatic N) is 3. The fraction of sp³-hybridized carbons (Fsp3) is 0.529. The van der Waals surface area contributed by atoms with Gasteiger partial charge in [-0.05, 0) is 38.8 Å². The maximum atomic E-state index is 4.60. The smallest absolute Gasteiger partial charge is 0.191 e. The lowest BCUT2D eigenvalue weighted by molar-refractivity contribution is 0.600. The first kappa shape index (κ1) is 16.3. The van der Waals surface area contributed by atoms with Crippen molar-refractivity contribution in [3.63, 3.8) is 0 Å². The van der Waals surface area contributed by atoms with Gasteiger partial charge >= 0.3 is 0 Å². The maximum absolute atomic E-state index is 4.60. The number of hydrogen-bond acceptors (Lipinski definition) is 2. The third kappa shape index (κ3) is 4.00. The van der Waals surface area contributed by atoms with Crippen LogP contribution in [-0.2, 0) is 6.54 Å². The molecule has 0 bridgehead atoms. The number of hydrogen-bond donors (Lipinski definition) is 2. The van der Waals surface area contributed by atoms with Crippen LogP contribution in [0.3, 0.4) is 0 Å². The molecule has 0 spiro atoms. The number of benzene rings is 1. The normalized spacial score (nSPS) is 13.4. The Hall–Kier alpha value is -2.04. The standard InChI is InChI=1S/C17H27N5/c1-5-13(2)20-17(18-4)19-11-8-12-22-14(3)21-15-9-6-7-10-16(15)22/h6-7,9-10,13H,5,8,11-12H2,1-4H3,(H2,18,19,20). The van der Waals surface area contributed by atoms with Gasteiger partial charge in [-0.2, -0.15) is 0 Å². The van der Waals surface area contributed by atoms with Gasteiger partial charge in [-0.15, -0.1) is 0 Å². The summed E-state index contributed by atoms with van der Waals surface area (Å²) in [5, 5.41) is 6.74. The Bertz CT molecular complexity index is 629. The number of aromatic nitrogens is 2. The zero-order valence-electron chi connectivity index (χ0n) is 14.1. The molecule has 0 aliphatic heterocycles. The highest BCUT2D eigenvalue weighted by Crippen LogP contribution is 2.15. The Labute approximate surface area is 132 Å².